The number of aryl methyl sites for hydroxylation is 1. The molecule has 0 aliphatic heterocycles. The average Bonchev–Trinajstić information content (AvgIpc) is 2.41. The molecule has 0 saturated heterocycles. The minimum Gasteiger partial charge on any atom is -0.399 e. The summed E-state index contributed by atoms with van der Waals surface area (Å²) in [5.41, 5.74) is 11.1. The fraction of sp³-hybridized carbons (Fsp3) is 0.0625. The number of nitrogens with zero attached hydrogens (tertiary/aromatic N) is 1. The summed E-state index contributed by atoms with van der Waals surface area (Å²) in [6.45, 7) is 2.11. The summed E-state index contributed by atoms with van der Waals surface area (Å²) in [5, 5.41) is 1.20. The molecule has 0 spiro atoms. The van der Waals surface area contributed by atoms with Gasteiger partial charge in [-0.15, -0.1) is 0 Å². The second kappa shape index (κ2) is 4.15. The Morgan fingerprint density at radius 1 is 0.944 bits per heavy atom. The smallest absolute Gasteiger partial charge is 0.0782 e. The summed E-state index contributed by atoms with van der Waals surface area (Å²) in [4.78, 5) is 4.51. The predicted molar refractivity (Wildman–Crippen MR) is 76.3 cm³/mol. The molecule has 18 heavy (non-hydrogen) atoms. The Labute approximate surface area is 106 Å². The van der Waals surface area contributed by atoms with Gasteiger partial charge in [-0.1, -0.05) is 30.3 Å². The van der Waals surface area contributed by atoms with E-state index in [2.05, 4.69) is 30.1 Å². The van der Waals surface area contributed by atoms with Crippen molar-refractivity contribution in [1.82, 2.24) is 4.98 Å². The number of rotatable bonds is 1. The van der Waals surface area contributed by atoms with Crippen LogP contribution in [0.25, 0.3) is 22.0 Å². The Bertz CT molecular complexity index is 700. The number of pyridine rings is 1. The molecular formula is C16H14N2. The SMILES string of the molecule is Cc1ccc(-c2ccc(N)cc2)c2ncccc12. The van der Waals surface area contributed by atoms with Gasteiger partial charge in [0.15, 0.2) is 0 Å². The van der Waals surface area contributed by atoms with Crippen LogP contribution in [0.3, 0.4) is 0 Å². The minimum atomic E-state index is 0.781. The predicted octanol–water partition coefficient (Wildman–Crippen LogP) is 3.79. The zero-order valence-corrected chi connectivity index (χ0v) is 10.2. The molecule has 2 N–H and O–H groups in total. The van der Waals surface area contributed by atoms with E-state index < -0.39 is 0 Å². The van der Waals surface area contributed by atoms with Gasteiger partial charge < -0.3 is 5.73 Å². The highest BCUT2D eigenvalue weighted by molar-refractivity contribution is 5.95. The standard InChI is InChI=1S/C16H14N2/c1-11-4-9-15(12-5-7-13(17)8-6-12)16-14(11)3-2-10-18-16/h2-10H,17H2,1H3. The van der Waals surface area contributed by atoms with Crippen LogP contribution >= 0.6 is 0 Å². The lowest BCUT2D eigenvalue weighted by Crippen LogP contribution is -1.88. The molecule has 0 fully saturated rings. The van der Waals surface area contributed by atoms with Crippen molar-refractivity contribution in [2.75, 3.05) is 5.73 Å². The van der Waals surface area contributed by atoms with Gasteiger partial charge in [-0.2, -0.15) is 0 Å². The highest BCUT2D eigenvalue weighted by Crippen LogP contribution is 2.29. The van der Waals surface area contributed by atoms with Crippen molar-refractivity contribution in [3.63, 3.8) is 0 Å². The summed E-state index contributed by atoms with van der Waals surface area (Å²) < 4.78 is 0. The maximum atomic E-state index is 5.73. The Balaban J connectivity index is 2.30. The normalized spacial score (nSPS) is 10.7. The number of aromatic nitrogens is 1. The van der Waals surface area contributed by atoms with Gasteiger partial charge in [-0.05, 0) is 36.2 Å². The van der Waals surface area contributed by atoms with Crippen molar-refractivity contribution in [1.29, 1.82) is 0 Å². The fourth-order valence-electron chi connectivity index (χ4n) is 2.21. The Kier molecular flexibility index (Phi) is 2.49. The van der Waals surface area contributed by atoms with Gasteiger partial charge in [0, 0.05) is 22.8 Å². The van der Waals surface area contributed by atoms with Crippen molar-refractivity contribution < 1.29 is 0 Å². The summed E-state index contributed by atoms with van der Waals surface area (Å²) in [7, 11) is 0. The lowest BCUT2D eigenvalue weighted by atomic mass is 9.99. The van der Waals surface area contributed by atoms with Gasteiger partial charge in [0.05, 0.1) is 5.52 Å². The van der Waals surface area contributed by atoms with Crippen molar-refractivity contribution >= 4 is 16.6 Å². The average molecular weight is 234 g/mol. The van der Waals surface area contributed by atoms with Gasteiger partial charge in [0.1, 0.15) is 0 Å². The Hall–Kier alpha value is -2.35. The first kappa shape index (κ1) is 10.8. The van der Waals surface area contributed by atoms with Crippen LogP contribution in [0.15, 0.2) is 54.7 Å². The number of fused-ring (bicyclic) bond motifs is 1. The highest BCUT2D eigenvalue weighted by Gasteiger charge is 2.06. The van der Waals surface area contributed by atoms with E-state index in [9.17, 15) is 0 Å². The van der Waals surface area contributed by atoms with E-state index in [1.54, 1.807) is 0 Å². The molecule has 0 atom stereocenters. The first-order valence-corrected chi connectivity index (χ1v) is 5.96. The zero-order valence-electron chi connectivity index (χ0n) is 10.2. The van der Waals surface area contributed by atoms with Crippen LogP contribution in [0.2, 0.25) is 0 Å². The second-order valence-electron chi connectivity index (χ2n) is 4.45. The third kappa shape index (κ3) is 1.72. The molecule has 0 bridgehead atoms. The third-order valence-electron chi connectivity index (χ3n) is 3.21. The van der Waals surface area contributed by atoms with Gasteiger partial charge in [0.2, 0.25) is 0 Å². The molecule has 0 aliphatic carbocycles. The molecule has 2 heteroatoms. The molecule has 1 heterocycles. The van der Waals surface area contributed by atoms with Crippen molar-refractivity contribution in [2.24, 2.45) is 0 Å². The monoisotopic (exact) mass is 234 g/mol. The molecular weight excluding hydrogens is 220 g/mol. The molecule has 2 aromatic carbocycles. The molecule has 2 nitrogen and oxygen atoms in total. The van der Waals surface area contributed by atoms with Crippen LogP contribution in [0.4, 0.5) is 5.69 Å². The van der Waals surface area contributed by atoms with E-state index in [1.807, 2.05) is 36.5 Å². The van der Waals surface area contributed by atoms with Crippen LogP contribution in [-0.2, 0) is 0 Å². The van der Waals surface area contributed by atoms with Crippen LogP contribution in [-0.4, -0.2) is 4.98 Å². The first-order valence-electron chi connectivity index (χ1n) is 5.96. The molecule has 0 aliphatic rings. The summed E-state index contributed by atoms with van der Waals surface area (Å²) in [6, 6.07) is 16.3. The largest absolute Gasteiger partial charge is 0.399 e. The number of nitrogen functional groups attached to an aromatic ring is 1. The van der Waals surface area contributed by atoms with E-state index in [0.717, 1.165) is 22.3 Å². The summed E-state index contributed by atoms with van der Waals surface area (Å²) >= 11 is 0. The number of hydrogen-bond donors (Lipinski definition) is 1. The fourth-order valence-corrected chi connectivity index (χ4v) is 2.21. The van der Waals surface area contributed by atoms with E-state index in [0.29, 0.717) is 0 Å². The van der Waals surface area contributed by atoms with E-state index >= 15 is 0 Å². The molecule has 3 aromatic rings. The molecule has 3 rings (SSSR count). The molecule has 0 unspecified atom stereocenters. The molecule has 0 saturated carbocycles. The number of anilines is 1. The molecule has 0 radical (unpaired) electrons. The lowest BCUT2D eigenvalue weighted by Gasteiger charge is -2.08. The second-order valence-corrected chi connectivity index (χ2v) is 4.45. The van der Waals surface area contributed by atoms with Crippen LogP contribution in [0.5, 0.6) is 0 Å². The maximum absolute atomic E-state index is 5.73. The van der Waals surface area contributed by atoms with Gasteiger partial charge in [-0.25, -0.2) is 0 Å². The van der Waals surface area contributed by atoms with E-state index in [-0.39, 0.29) is 0 Å². The molecule has 88 valence electrons. The maximum Gasteiger partial charge on any atom is 0.0782 e. The van der Waals surface area contributed by atoms with Crippen LogP contribution < -0.4 is 5.73 Å². The van der Waals surface area contributed by atoms with Crippen LogP contribution in [0.1, 0.15) is 5.56 Å². The molecule has 0 amide bonds. The summed E-state index contributed by atoms with van der Waals surface area (Å²) in [6.07, 6.45) is 1.84. The first-order chi connectivity index (χ1) is 8.75. The Morgan fingerprint density at radius 2 is 1.72 bits per heavy atom. The lowest BCUT2D eigenvalue weighted by molar-refractivity contribution is 1.39. The number of benzene rings is 2. The summed E-state index contributed by atoms with van der Waals surface area (Å²) in [5.74, 6) is 0. The minimum absolute atomic E-state index is 0.781. The van der Waals surface area contributed by atoms with Crippen molar-refractivity contribution in [3.05, 3.63) is 60.3 Å². The van der Waals surface area contributed by atoms with Crippen LogP contribution in [0, 0.1) is 6.92 Å². The third-order valence-corrected chi connectivity index (χ3v) is 3.21. The highest BCUT2D eigenvalue weighted by atomic mass is 14.6. The van der Waals surface area contributed by atoms with Gasteiger partial charge in [0.25, 0.3) is 0 Å². The number of hydrogen-bond acceptors (Lipinski definition) is 2. The molecule has 1 aromatic heterocycles. The topological polar surface area (TPSA) is 38.9 Å². The van der Waals surface area contributed by atoms with Gasteiger partial charge >= 0.3 is 0 Å². The quantitative estimate of drug-likeness (QED) is 0.650. The number of nitrogens with two attached hydrogens (primary N) is 1. The van der Waals surface area contributed by atoms with E-state index in [1.165, 1.54) is 10.9 Å². The van der Waals surface area contributed by atoms with Crippen molar-refractivity contribution in [2.45, 2.75) is 6.92 Å². The Morgan fingerprint density at radius 3 is 2.50 bits per heavy atom. The zero-order chi connectivity index (χ0) is 12.5. The van der Waals surface area contributed by atoms with Gasteiger partial charge in [-0.3, -0.25) is 4.98 Å². The van der Waals surface area contributed by atoms with Crippen molar-refractivity contribution in [3.8, 4) is 11.1 Å². The van der Waals surface area contributed by atoms with E-state index in [4.69, 9.17) is 5.73 Å².